The van der Waals surface area contributed by atoms with Gasteiger partial charge in [0.05, 0.1) is 79.0 Å². The van der Waals surface area contributed by atoms with E-state index in [-0.39, 0.29) is 17.3 Å². The Labute approximate surface area is 233 Å². The monoisotopic (exact) mass is 556 g/mol. The van der Waals surface area contributed by atoms with Crippen LogP contribution in [0.1, 0.15) is 39.1 Å². The van der Waals surface area contributed by atoms with Crippen molar-refractivity contribution < 1.29 is 28.7 Å². The first-order valence-corrected chi connectivity index (χ1v) is 13.2. The van der Waals surface area contributed by atoms with Gasteiger partial charge in [0.2, 0.25) is 5.91 Å². The lowest BCUT2D eigenvalue weighted by atomic mass is 9.87. The molecule has 0 atom stereocenters. The fourth-order valence-corrected chi connectivity index (χ4v) is 4.84. The Balaban J connectivity index is 0.000000188. The number of nitro groups is 1. The van der Waals surface area contributed by atoms with Gasteiger partial charge in [-0.05, 0) is 33.8 Å². The van der Waals surface area contributed by atoms with Gasteiger partial charge in [-0.15, -0.1) is 0 Å². The Hall–Kier alpha value is -3.84. The molecule has 2 fully saturated rings. The minimum atomic E-state index is -1.19. The second kappa shape index (κ2) is 11.7. The third-order valence-electron chi connectivity index (χ3n) is 7.37. The smallest absolute Gasteiger partial charge is 0.317 e. The molecule has 3 aliphatic rings. The summed E-state index contributed by atoms with van der Waals surface area (Å²) >= 11 is 0. The summed E-state index contributed by atoms with van der Waals surface area (Å²) in [5, 5.41) is 14.3. The second-order valence-corrected chi connectivity index (χ2v) is 10.8. The molecule has 3 aliphatic heterocycles. The lowest BCUT2D eigenvalue weighted by Gasteiger charge is -2.29. The molecule has 5 rings (SSSR count). The van der Waals surface area contributed by atoms with Crippen molar-refractivity contribution in [1.82, 2.24) is 9.97 Å². The van der Waals surface area contributed by atoms with Gasteiger partial charge in [0.25, 0.3) is 5.69 Å². The van der Waals surface area contributed by atoms with Crippen LogP contribution in [0.3, 0.4) is 0 Å². The van der Waals surface area contributed by atoms with Crippen molar-refractivity contribution in [3.05, 3.63) is 46.0 Å². The van der Waals surface area contributed by atoms with Crippen LogP contribution in [-0.4, -0.2) is 86.5 Å². The zero-order valence-electron chi connectivity index (χ0n) is 23.6. The minimum absolute atomic E-state index is 0.0177. The first-order chi connectivity index (χ1) is 19.0. The Bertz CT molecular complexity index is 1270. The standard InChI is InChI=1S/C14H19N3O5.C13H17N3O2/c1-14(2,13(18)21-3)12-11(17(19)20)8-10(9-15-12)16-4-6-22-7-5-16;1-13(2)11-10(15-12(13)17)7-9(8-14-11)16-3-5-18-6-4-16/h8-9H,4-7H2,1-3H3;7-8H,3-6H2,1-2H3,(H,15,17). The first-order valence-electron chi connectivity index (χ1n) is 13.2. The molecule has 0 spiro atoms. The molecule has 2 aromatic heterocycles. The van der Waals surface area contributed by atoms with Gasteiger partial charge in [0, 0.05) is 32.2 Å². The summed E-state index contributed by atoms with van der Waals surface area (Å²) in [6, 6.07) is 3.47. The van der Waals surface area contributed by atoms with Crippen LogP contribution in [0.4, 0.5) is 22.7 Å². The molecule has 2 saturated heterocycles. The van der Waals surface area contributed by atoms with E-state index >= 15 is 0 Å². The van der Waals surface area contributed by atoms with E-state index in [0.29, 0.717) is 32.0 Å². The van der Waals surface area contributed by atoms with Crippen molar-refractivity contribution in [2.75, 3.05) is 74.8 Å². The SMILES string of the molecule is CC1(C)C(=O)Nc2cc(N3CCOCC3)cnc21.COC(=O)C(C)(C)c1ncc(N2CCOCC2)cc1[N+](=O)[O-]. The lowest BCUT2D eigenvalue weighted by Crippen LogP contribution is -2.37. The second-order valence-electron chi connectivity index (χ2n) is 10.8. The van der Waals surface area contributed by atoms with E-state index in [1.54, 1.807) is 20.0 Å². The van der Waals surface area contributed by atoms with Crippen LogP contribution < -0.4 is 15.1 Å². The van der Waals surface area contributed by atoms with Crippen LogP contribution in [0.2, 0.25) is 0 Å². The van der Waals surface area contributed by atoms with E-state index in [9.17, 15) is 19.7 Å². The number of nitrogens with zero attached hydrogens (tertiary/aromatic N) is 5. The predicted octanol–water partition coefficient (Wildman–Crippen LogP) is 2.42. The molecule has 0 unspecified atom stereocenters. The van der Waals surface area contributed by atoms with Gasteiger partial charge >= 0.3 is 5.97 Å². The van der Waals surface area contributed by atoms with Crippen molar-refractivity contribution in [2.24, 2.45) is 0 Å². The van der Waals surface area contributed by atoms with E-state index in [0.717, 1.165) is 43.4 Å². The molecular weight excluding hydrogens is 520 g/mol. The summed E-state index contributed by atoms with van der Waals surface area (Å²) in [5.41, 5.74) is 1.58. The number of morpholine rings is 2. The van der Waals surface area contributed by atoms with Crippen LogP contribution in [-0.2, 0) is 34.6 Å². The third-order valence-corrected chi connectivity index (χ3v) is 7.37. The molecule has 216 valence electrons. The topological polar surface area (TPSA) is 149 Å². The fraction of sp³-hybridized carbons (Fsp3) is 0.556. The van der Waals surface area contributed by atoms with Crippen molar-refractivity contribution in [2.45, 2.75) is 38.5 Å². The van der Waals surface area contributed by atoms with E-state index in [1.807, 2.05) is 31.0 Å². The molecule has 0 aromatic carbocycles. The van der Waals surface area contributed by atoms with Gasteiger partial charge in [-0.2, -0.15) is 0 Å². The Morgan fingerprint density at radius 1 is 1.02 bits per heavy atom. The number of fused-ring (bicyclic) bond motifs is 1. The van der Waals surface area contributed by atoms with Crippen LogP contribution >= 0.6 is 0 Å². The average molecular weight is 557 g/mol. The number of ether oxygens (including phenoxy) is 3. The number of carbonyl (C=O) groups is 2. The molecule has 13 heteroatoms. The highest BCUT2D eigenvalue weighted by Crippen LogP contribution is 2.37. The van der Waals surface area contributed by atoms with Gasteiger partial charge in [-0.1, -0.05) is 0 Å². The van der Waals surface area contributed by atoms with Gasteiger partial charge in [-0.3, -0.25) is 29.7 Å². The van der Waals surface area contributed by atoms with Gasteiger partial charge in [0.15, 0.2) is 0 Å². The Morgan fingerprint density at radius 3 is 2.08 bits per heavy atom. The summed E-state index contributed by atoms with van der Waals surface area (Å²) in [7, 11) is 1.25. The van der Waals surface area contributed by atoms with Crippen LogP contribution in [0.25, 0.3) is 0 Å². The van der Waals surface area contributed by atoms with E-state index in [4.69, 9.17) is 14.2 Å². The molecule has 0 saturated carbocycles. The molecule has 13 nitrogen and oxygen atoms in total. The average Bonchev–Trinajstić information content (AvgIpc) is 3.20. The maximum absolute atomic E-state index is 11.9. The van der Waals surface area contributed by atoms with Crippen molar-refractivity contribution >= 4 is 34.6 Å². The lowest BCUT2D eigenvalue weighted by molar-refractivity contribution is -0.386. The zero-order chi connectivity index (χ0) is 29.1. The number of pyridine rings is 2. The Morgan fingerprint density at radius 2 is 1.55 bits per heavy atom. The number of hydrogen-bond donors (Lipinski definition) is 1. The highest BCUT2D eigenvalue weighted by atomic mass is 16.6. The number of carbonyl (C=O) groups excluding carboxylic acids is 2. The molecule has 0 radical (unpaired) electrons. The fourth-order valence-electron chi connectivity index (χ4n) is 4.84. The number of aromatic nitrogens is 2. The number of esters is 1. The summed E-state index contributed by atoms with van der Waals surface area (Å²) in [6.45, 7) is 12.6. The van der Waals surface area contributed by atoms with E-state index in [1.165, 1.54) is 13.2 Å². The number of rotatable bonds is 5. The highest BCUT2D eigenvalue weighted by Gasteiger charge is 2.40. The molecule has 1 N–H and O–H groups in total. The normalized spacial score (nSPS) is 18.3. The quantitative estimate of drug-likeness (QED) is 0.329. The first kappa shape index (κ1) is 29.2. The number of methoxy groups -OCH3 is 1. The van der Waals surface area contributed by atoms with Gasteiger partial charge < -0.3 is 29.3 Å². The largest absolute Gasteiger partial charge is 0.468 e. The molecule has 1 amide bonds. The van der Waals surface area contributed by atoms with Crippen LogP contribution in [0.15, 0.2) is 24.5 Å². The van der Waals surface area contributed by atoms with E-state index in [2.05, 4.69) is 20.2 Å². The molecule has 0 bridgehead atoms. The summed E-state index contributed by atoms with van der Waals surface area (Å²) < 4.78 is 15.3. The van der Waals surface area contributed by atoms with Gasteiger partial charge in [0.1, 0.15) is 11.1 Å². The third kappa shape index (κ3) is 5.85. The molecular formula is C27H36N6O7. The molecule has 40 heavy (non-hydrogen) atoms. The molecule has 0 aliphatic carbocycles. The number of amides is 1. The minimum Gasteiger partial charge on any atom is -0.468 e. The Kier molecular flexibility index (Phi) is 8.54. The summed E-state index contributed by atoms with van der Waals surface area (Å²) in [6.07, 6.45) is 3.41. The highest BCUT2D eigenvalue weighted by molar-refractivity contribution is 6.05. The van der Waals surface area contributed by atoms with Crippen molar-refractivity contribution in [3.8, 4) is 0 Å². The van der Waals surface area contributed by atoms with Crippen molar-refractivity contribution in [1.29, 1.82) is 0 Å². The number of nitrogens with one attached hydrogen (secondary N) is 1. The van der Waals surface area contributed by atoms with Crippen LogP contribution in [0.5, 0.6) is 0 Å². The summed E-state index contributed by atoms with van der Waals surface area (Å²) in [4.78, 5) is 47.5. The maximum Gasteiger partial charge on any atom is 0.317 e. The number of anilines is 3. The van der Waals surface area contributed by atoms with Crippen molar-refractivity contribution in [3.63, 3.8) is 0 Å². The molecule has 5 heterocycles. The van der Waals surface area contributed by atoms with Gasteiger partial charge in [-0.25, -0.2) is 0 Å². The zero-order valence-corrected chi connectivity index (χ0v) is 23.6. The molecule has 2 aromatic rings. The maximum atomic E-state index is 11.9. The van der Waals surface area contributed by atoms with E-state index < -0.39 is 21.7 Å². The number of hydrogen-bond acceptors (Lipinski definition) is 11. The summed E-state index contributed by atoms with van der Waals surface area (Å²) in [5.74, 6) is -0.550. The predicted molar refractivity (Wildman–Crippen MR) is 148 cm³/mol. The van der Waals surface area contributed by atoms with Crippen LogP contribution in [0, 0.1) is 10.1 Å².